The zero-order chi connectivity index (χ0) is 14.1. The first-order valence-electron chi connectivity index (χ1n) is 5.99. The van der Waals surface area contributed by atoms with E-state index >= 15 is 0 Å². The summed E-state index contributed by atoms with van der Waals surface area (Å²) in [5.74, 6) is 1.13. The third-order valence-electron chi connectivity index (χ3n) is 3.01. The largest absolute Gasteiger partial charge is 0.438 e. The van der Waals surface area contributed by atoms with Gasteiger partial charge in [0.2, 0.25) is 5.88 Å². The van der Waals surface area contributed by atoms with Crippen molar-refractivity contribution in [1.29, 1.82) is 0 Å². The van der Waals surface area contributed by atoms with Crippen LogP contribution < -0.4 is 4.74 Å². The van der Waals surface area contributed by atoms with Crippen LogP contribution >= 0.6 is 23.2 Å². The Balaban J connectivity index is 2.12. The number of ether oxygens (including phenoxy) is 1. The van der Waals surface area contributed by atoms with Crippen molar-refractivity contribution in [2.45, 2.75) is 6.92 Å². The maximum absolute atomic E-state index is 6.19. The molecule has 0 saturated heterocycles. The third kappa shape index (κ3) is 2.30. The molecule has 0 N–H and O–H groups in total. The first kappa shape index (κ1) is 13.2. The van der Waals surface area contributed by atoms with Crippen LogP contribution in [0.25, 0.3) is 10.8 Å². The normalized spacial score (nSPS) is 10.8. The van der Waals surface area contributed by atoms with Gasteiger partial charge < -0.3 is 4.74 Å². The van der Waals surface area contributed by atoms with E-state index in [2.05, 4.69) is 9.97 Å². The summed E-state index contributed by atoms with van der Waals surface area (Å²) in [6.45, 7) is 1.82. The van der Waals surface area contributed by atoms with E-state index in [1.54, 1.807) is 6.07 Å². The van der Waals surface area contributed by atoms with Crippen LogP contribution in [-0.2, 0) is 0 Å². The Morgan fingerprint density at radius 1 is 0.950 bits per heavy atom. The molecule has 100 valence electrons. The fraction of sp³-hybridized carbons (Fsp3) is 0.0667. The minimum absolute atomic E-state index is 0.383. The maximum Gasteiger partial charge on any atom is 0.226 e. The lowest BCUT2D eigenvalue weighted by atomic mass is 10.1. The summed E-state index contributed by atoms with van der Waals surface area (Å²) in [4.78, 5) is 8.02. The Morgan fingerprint density at radius 3 is 2.50 bits per heavy atom. The van der Waals surface area contributed by atoms with Gasteiger partial charge in [0.15, 0.2) is 0 Å². The molecule has 0 aliphatic heterocycles. The number of fused-ring (bicyclic) bond motifs is 1. The molecule has 0 aliphatic carbocycles. The van der Waals surface area contributed by atoms with Gasteiger partial charge in [0.25, 0.3) is 0 Å². The lowest BCUT2D eigenvalue weighted by Gasteiger charge is -2.11. The summed E-state index contributed by atoms with van der Waals surface area (Å²) in [6.07, 6.45) is 1.38. The number of hydrogen-bond acceptors (Lipinski definition) is 3. The number of hydrogen-bond donors (Lipinski definition) is 0. The van der Waals surface area contributed by atoms with Crippen LogP contribution in [0.15, 0.2) is 42.7 Å². The van der Waals surface area contributed by atoms with E-state index in [4.69, 9.17) is 27.9 Å². The molecule has 3 nitrogen and oxygen atoms in total. The molecule has 5 heteroatoms. The molecule has 0 spiro atoms. The van der Waals surface area contributed by atoms with E-state index in [0.29, 0.717) is 27.4 Å². The van der Waals surface area contributed by atoms with Gasteiger partial charge in [-0.25, -0.2) is 9.97 Å². The second kappa shape index (κ2) is 5.27. The van der Waals surface area contributed by atoms with Crippen molar-refractivity contribution in [3.05, 3.63) is 58.5 Å². The van der Waals surface area contributed by atoms with Crippen molar-refractivity contribution in [2.75, 3.05) is 0 Å². The van der Waals surface area contributed by atoms with Crippen molar-refractivity contribution in [3.8, 4) is 11.6 Å². The molecule has 1 heterocycles. The number of rotatable bonds is 2. The SMILES string of the molecule is Cc1c(Cl)ncnc1Oc1ccc(Cl)c2ccccc12. The molecule has 3 rings (SSSR count). The molecule has 0 radical (unpaired) electrons. The van der Waals surface area contributed by atoms with Gasteiger partial charge in [-0.1, -0.05) is 47.5 Å². The summed E-state index contributed by atoms with van der Waals surface area (Å²) < 4.78 is 5.86. The fourth-order valence-corrected chi connectivity index (χ4v) is 2.30. The standard InChI is InChI=1S/C15H10Cl2N2O/c1-9-14(17)18-8-19-15(9)20-13-7-6-12(16)10-4-2-3-5-11(10)13/h2-8H,1H3. The Labute approximate surface area is 126 Å². The highest BCUT2D eigenvalue weighted by molar-refractivity contribution is 6.35. The molecular formula is C15H10Cl2N2O. The Bertz CT molecular complexity index is 790. The van der Waals surface area contributed by atoms with E-state index in [-0.39, 0.29) is 0 Å². The van der Waals surface area contributed by atoms with Crippen LogP contribution in [0.2, 0.25) is 10.2 Å². The molecule has 20 heavy (non-hydrogen) atoms. The van der Waals surface area contributed by atoms with Gasteiger partial charge in [0, 0.05) is 21.4 Å². The average Bonchev–Trinajstić information content (AvgIpc) is 2.47. The molecule has 1 aromatic heterocycles. The Hall–Kier alpha value is -1.84. The minimum atomic E-state index is 0.383. The predicted molar refractivity (Wildman–Crippen MR) is 80.8 cm³/mol. The zero-order valence-corrected chi connectivity index (χ0v) is 12.1. The van der Waals surface area contributed by atoms with Gasteiger partial charge >= 0.3 is 0 Å². The first-order chi connectivity index (χ1) is 9.66. The third-order valence-corrected chi connectivity index (χ3v) is 3.72. The quantitative estimate of drug-likeness (QED) is 0.622. The lowest BCUT2D eigenvalue weighted by Crippen LogP contribution is -1.94. The van der Waals surface area contributed by atoms with Crippen molar-refractivity contribution in [3.63, 3.8) is 0 Å². The van der Waals surface area contributed by atoms with Crippen molar-refractivity contribution in [2.24, 2.45) is 0 Å². The minimum Gasteiger partial charge on any atom is -0.438 e. The highest BCUT2D eigenvalue weighted by Crippen LogP contribution is 2.34. The lowest BCUT2D eigenvalue weighted by molar-refractivity contribution is 0.462. The second-order valence-corrected chi connectivity index (χ2v) is 5.05. The molecular weight excluding hydrogens is 295 g/mol. The molecule has 3 aromatic rings. The number of benzene rings is 2. The monoisotopic (exact) mass is 304 g/mol. The molecule has 0 unspecified atom stereocenters. The molecule has 0 bridgehead atoms. The van der Waals surface area contributed by atoms with Crippen molar-refractivity contribution in [1.82, 2.24) is 9.97 Å². The highest BCUT2D eigenvalue weighted by atomic mass is 35.5. The van der Waals surface area contributed by atoms with Crippen molar-refractivity contribution >= 4 is 34.0 Å². The van der Waals surface area contributed by atoms with Gasteiger partial charge in [0.1, 0.15) is 17.2 Å². The van der Waals surface area contributed by atoms with Gasteiger partial charge in [-0.15, -0.1) is 0 Å². The van der Waals surface area contributed by atoms with Crippen LogP contribution in [0.4, 0.5) is 0 Å². The predicted octanol–water partition coefficient (Wildman–Crippen LogP) is 5.04. The van der Waals surface area contributed by atoms with E-state index in [9.17, 15) is 0 Å². The number of nitrogens with zero attached hydrogens (tertiary/aromatic N) is 2. The zero-order valence-electron chi connectivity index (χ0n) is 10.6. The molecule has 0 fully saturated rings. The van der Waals surface area contributed by atoms with E-state index in [1.807, 2.05) is 37.3 Å². The maximum atomic E-state index is 6.19. The highest BCUT2D eigenvalue weighted by Gasteiger charge is 2.10. The molecule has 0 saturated carbocycles. The van der Waals surface area contributed by atoms with Gasteiger partial charge in [0.05, 0.1) is 0 Å². The fourth-order valence-electron chi connectivity index (χ4n) is 1.94. The summed E-state index contributed by atoms with van der Waals surface area (Å²) in [5.41, 5.74) is 0.702. The molecule has 0 amide bonds. The van der Waals surface area contributed by atoms with E-state index < -0.39 is 0 Å². The summed E-state index contributed by atoms with van der Waals surface area (Å²) in [6, 6.07) is 11.4. The second-order valence-electron chi connectivity index (χ2n) is 4.29. The van der Waals surface area contributed by atoms with Crippen LogP contribution in [-0.4, -0.2) is 9.97 Å². The van der Waals surface area contributed by atoms with Gasteiger partial charge in [-0.05, 0) is 19.1 Å². The summed E-state index contributed by atoms with van der Waals surface area (Å²) in [5, 5.41) is 2.93. The van der Waals surface area contributed by atoms with Crippen LogP contribution in [0.5, 0.6) is 11.6 Å². The van der Waals surface area contributed by atoms with Gasteiger partial charge in [-0.3, -0.25) is 0 Å². The Kier molecular flexibility index (Phi) is 3.47. The van der Waals surface area contributed by atoms with Crippen molar-refractivity contribution < 1.29 is 4.74 Å². The Morgan fingerprint density at radius 2 is 1.70 bits per heavy atom. The molecule has 0 atom stereocenters. The first-order valence-corrected chi connectivity index (χ1v) is 6.74. The van der Waals surface area contributed by atoms with Crippen LogP contribution in [0, 0.1) is 6.92 Å². The summed E-state index contributed by atoms with van der Waals surface area (Å²) in [7, 11) is 0. The molecule has 0 aliphatic rings. The topological polar surface area (TPSA) is 35.0 Å². The number of aromatic nitrogens is 2. The van der Waals surface area contributed by atoms with Crippen LogP contribution in [0.3, 0.4) is 0 Å². The van der Waals surface area contributed by atoms with Crippen LogP contribution in [0.1, 0.15) is 5.56 Å². The van der Waals surface area contributed by atoms with E-state index in [1.165, 1.54) is 6.33 Å². The number of halogens is 2. The summed E-state index contributed by atoms with van der Waals surface area (Å²) >= 11 is 12.2. The van der Waals surface area contributed by atoms with E-state index in [0.717, 1.165) is 10.8 Å². The smallest absolute Gasteiger partial charge is 0.226 e. The average molecular weight is 305 g/mol. The van der Waals surface area contributed by atoms with Gasteiger partial charge in [-0.2, -0.15) is 0 Å². The molecule has 2 aromatic carbocycles.